The topological polar surface area (TPSA) is 54.5 Å². The van der Waals surface area contributed by atoms with Gasteiger partial charge in [-0.25, -0.2) is 8.42 Å². The van der Waals surface area contributed by atoms with E-state index in [9.17, 15) is 13.2 Å². The van der Waals surface area contributed by atoms with E-state index in [2.05, 4.69) is 0 Å². The van der Waals surface area contributed by atoms with Gasteiger partial charge in [-0.15, -0.1) is 0 Å². The van der Waals surface area contributed by atoms with Crippen molar-refractivity contribution in [3.63, 3.8) is 0 Å². The summed E-state index contributed by atoms with van der Waals surface area (Å²) < 4.78 is 24.5. The highest BCUT2D eigenvalue weighted by Crippen LogP contribution is 2.49. The molecule has 0 atom stereocenters. The highest BCUT2D eigenvalue weighted by molar-refractivity contribution is 7.93. The molecule has 0 spiro atoms. The molecule has 1 amide bonds. The Kier molecular flexibility index (Phi) is 3.71. The van der Waals surface area contributed by atoms with Gasteiger partial charge in [0.15, 0.2) is 0 Å². The van der Waals surface area contributed by atoms with Crippen molar-refractivity contribution in [2.24, 2.45) is 0 Å². The number of carbonyl (C=O) groups excluding carboxylic acids is 1. The summed E-state index contributed by atoms with van der Waals surface area (Å²) in [6.07, 6.45) is 0. The van der Waals surface area contributed by atoms with Gasteiger partial charge in [0, 0.05) is 5.56 Å². The lowest BCUT2D eigenvalue weighted by Crippen LogP contribution is -2.38. The largest absolute Gasteiger partial charge is 0.282 e. The second kappa shape index (κ2) is 5.23. The van der Waals surface area contributed by atoms with Gasteiger partial charge in [0.25, 0.3) is 15.9 Å². The van der Waals surface area contributed by atoms with Crippen LogP contribution in [0.4, 0.5) is 5.69 Å². The quantitative estimate of drug-likeness (QED) is 0.758. The number of fused-ring (bicyclic) bond motifs is 1. The fourth-order valence-electron chi connectivity index (χ4n) is 2.48. The highest BCUT2D eigenvalue weighted by atomic mass is 35.5. The fraction of sp³-hybridized carbons (Fsp3) is 0.188. The number of carbonyl (C=O) groups is 1. The Balaban J connectivity index is 2.21. The first-order valence-electron chi connectivity index (χ1n) is 6.81. The van der Waals surface area contributed by atoms with Crippen molar-refractivity contribution in [2.75, 3.05) is 4.31 Å². The summed E-state index contributed by atoms with van der Waals surface area (Å²) >= 11 is 12.3. The van der Waals surface area contributed by atoms with E-state index >= 15 is 0 Å². The van der Waals surface area contributed by atoms with E-state index < -0.39 is 20.3 Å². The molecule has 0 aromatic heterocycles. The van der Waals surface area contributed by atoms with Crippen molar-refractivity contribution in [1.29, 1.82) is 0 Å². The van der Waals surface area contributed by atoms with Gasteiger partial charge >= 0.3 is 0 Å². The molecule has 2 aromatic rings. The van der Waals surface area contributed by atoms with Gasteiger partial charge in [0.2, 0.25) is 4.33 Å². The van der Waals surface area contributed by atoms with Crippen LogP contribution in [0.1, 0.15) is 16.7 Å². The summed E-state index contributed by atoms with van der Waals surface area (Å²) in [5.41, 5.74) is 2.21. The maximum absolute atomic E-state index is 12.9. The number of aryl methyl sites for hydroxylation is 2. The van der Waals surface area contributed by atoms with E-state index in [1.165, 1.54) is 12.1 Å². The third kappa shape index (κ3) is 2.43. The van der Waals surface area contributed by atoms with Crippen LogP contribution in [0.3, 0.4) is 0 Å². The van der Waals surface area contributed by atoms with Crippen molar-refractivity contribution in [2.45, 2.75) is 23.1 Å². The molecule has 1 aliphatic rings. The van der Waals surface area contributed by atoms with Crippen LogP contribution in [0.25, 0.3) is 0 Å². The lowest BCUT2D eigenvalue weighted by molar-refractivity contribution is -0.117. The number of sulfonamides is 1. The van der Waals surface area contributed by atoms with Crippen LogP contribution >= 0.6 is 23.2 Å². The van der Waals surface area contributed by atoms with E-state index in [4.69, 9.17) is 23.2 Å². The molecule has 0 N–H and O–H groups in total. The molecule has 23 heavy (non-hydrogen) atoms. The zero-order chi connectivity index (χ0) is 17.0. The summed E-state index contributed by atoms with van der Waals surface area (Å²) in [6.45, 7) is 3.66. The van der Waals surface area contributed by atoms with Crippen LogP contribution in [0.5, 0.6) is 0 Å². The highest BCUT2D eigenvalue weighted by Gasteiger charge is 2.53. The normalized spacial score (nSPS) is 16.5. The van der Waals surface area contributed by atoms with Crippen molar-refractivity contribution >= 4 is 44.8 Å². The van der Waals surface area contributed by atoms with E-state index in [-0.39, 0.29) is 16.1 Å². The van der Waals surface area contributed by atoms with Crippen LogP contribution in [-0.2, 0) is 19.2 Å². The third-order valence-corrected chi connectivity index (χ3v) is 6.16. The number of alkyl halides is 2. The molecule has 1 heterocycles. The molecule has 0 radical (unpaired) electrons. The predicted octanol–water partition coefficient (Wildman–Crippen LogP) is 3.67. The Hall–Kier alpha value is -1.56. The fourth-order valence-corrected chi connectivity index (χ4v) is 4.52. The second-order valence-electron chi connectivity index (χ2n) is 5.48. The second-order valence-corrected chi connectivity index (χ2v) is 8.60. The first-order chi connectivity index (χ1) is 10.7. The van der Waals surface area contributed by atoms with Crippen LogP contribution in [0.2, 0.25) is 0 Å². The predicted molar refractivity (Wildman–Crippen MR) is 90.4 cm³/mol. The van der Waals surface area contributed by atoms with E-state index in [0.717, 1.165) is 11.1 Å². The lowest BCUT2D eigenvalue weighted by atomic mass is 10.1. The monoisotopic (exact) mass is 369 g/mol. The number of halogens is 2. The van der Waals surface area contributed by atoms with E-state index in [1.807, 2.05) is 13.8 Å². The number of nitrogens with zero attached hydrogens (tertiary/aromatic N) is 1. The molecule has 4 nitrogen and oxygen atoms in total. The molecule has 0 aliphatic carbocycles. The van der Waals surface area contributed by atoms with E-state index in [0.29, 0.717) is 4.31 Å². The van der Waals surface area contributed by atoms with Crippen molar-refractivity contribution in [3.8, 4) is 0 Å². The summed E-state index contributed by atoms with van der Waals surface area (Å²) in [6, 6.07) is 11.1. The Morgan fingerprint density at radius 2 is 1.52 bits per heavy atom. The molecule has 120 valence electrons. The van der Waals surface area contributed by atoms with Gasteiger partial charge in [-0.2, -0.15) is 4.31 Å². The van der Waals surface area contributed by atoms with Crippen LogP contribution < -0.4 is 4.31 Å². The molecule has 7 heteroatoms. The SMILES string of the molecule is Cc1ccc(S(=O)(=O)N2C(=O)C(Cl)(Cl)c3cc(C)ccc32)cc1. The van der Waals surface area contributed by atoms with Crippen molar-refractivity contribution < 1.29 is 13.2 Å². The number of rotatable bonds is 2. The Morgan fingerprint density at radius 3 is 2.13 bits per heavy atom. The lowest BCUT2D eigenvalue weighted by Gasteiger charge is -2.18. The summed E-state index contributed by atoms with van der Waals surface area (Å²) in [4.78, 5) is 12.6. The number of hydrogen-bond acceptors (Lipinski definition) is 3. The Bertz CT molecular complexity index is 905. The average molecular weight is 370 g/mol. The standard InChI is InChI=1S/C16H13Cl2NO3S/c1-10-3-6-12(7-4-10)23(21,22)19-14-8-5-11(2)9-13(14)16(17,18)15(19)20/h3-9H,1-2H3. The van der Waals surface area contributed by atoms with Gasteiger partial charge in [0.05, 0.1) is 10.6 Å². The molecular formula is C16H13Cl2NO3S. The van der Waals surface area contributed by atoms with E-state index in [1.54, 1.807) is 30.3 Å². The number of anilines is 1. The number of benzene rings is 2. The summed E-state index contributed by atoms with van der Waals surface area (Å²) in [5, 5.41) is 0. The van der Waals surface area contributed by atoms with Crippen LogP contribution in [0.15, 0.2) is 47.4 Å². The molecule has 0 saturated carbocycles. The summed E-state index contributed by atoms with van der Waals surface area (Å²) in [7, 11) is -4.09. The first kappa shape index (κ1) is 16.3. The van der Waals surface area contributed by atoms with Gasteiger partial charge in [0.1, 0.15) is 0 Å². The molecule has 0 fully saturated rings. The first-order valence-corrected chi connectivity index (χ1v) is 9.00. The minimum absolute atomic E-state index is 0.00834. The minimum Gasteiger partial charge on any atom is -0.269 e. The van der Waals surface area contributed by atoms with Crippen molar-refractivity contribution in [1.82, 2.24) is 0 Å². The molecule has 0 bridgehead atoms. The Labute approximate surface area is 144 Å². The molecule has 1 aliphatic heterocycles. The molecule has 3 rings (SSSR count). The molecule has 0 saturated heterocycles. The van der Waals surface area contributed by atoms with Crippen LogP contribution in [0, 0.1) is 13.8 Å². The molecular weight excluding hydrogens is 357 g/mol. The summed E-state index contributed by atoms with van der Waals surface area (Å²) in [5.74, 6) is -0.887. The Morgan fingerprint density at radius 1 is 0.957 bits per heavy atom. The van der Waals surface area contributed by atoms with Gasteiger partial charge < -0.3 is 0 Å². The van der Waals surface area contributed by atoms with Crippen molar-refractivity contribution in [3.05, 3.63) is 59.2 Å². The maximum atomic E-state index is 12.9. The third-order valence-electron chi connectivity index (χ3n) is 3.72. The molecule has 2 aromatic carbocycles. The maximum Gasteiger partial charge on any atom is 0.282 e. The zero-order valence-corrected chi connectivity index (χ0v) is 14.7. The number of amides is 1. The van der Waals surface area contributed by atoms with Gasteiger partial charge in [-0.3, -0.25) is 4.79 Å². The molecule has 0 unspecified atom stereocenters. The average Bonchev–Trinajstić information content (AvgIpc) is 2.68. The van der Waals surface area contributed by atoms with Crippen LogP contribution in [-0.4, -0.2) is 14.3 Å². The van der Waals surface area contributed by atoms with Gasteiger partial charge in [-0.05, 0) is 32.0 Å². The zero-order valence-electron chi connectivity index (χ0n) is 12.4. The number of hydrogen-bond donors (Lipinski definition) is 0. The smallest absolute Gasteiger partial charge is 0.269 e. The van der Waals surface area contributed by atoms with Gasteiger partial charge in [-0.1, -0.05) is 58.6 Å². The minimum atomic E-state index is -4.09.